The summed E-state index contributed by atoms with van der Waals surface area (Å²) in [6.45, 7) is 3.27. The Morgan fingerprint density at radius 2 is 2.28 bits per heavy atom. The van der Waals surface area contributed by atoms with E-state index < -0.39 is 6.10 Å². The third-order valence-corrected chi connectivity index (χ3v) is 3.09. The molecule has 1 aromatic carbocycles. The zero-order chi connectivity index (χ0) is 13.0. The number of ether oxygens (including phenoxy) is 1. The molecule has 1 heterocycles. The van der Waals surface area contributed by atoms with Crippen molar-refractivity contribution in [2.75, 3.05) is 24.7 Å². The maximum absolute atomic E-state index is 12.1. The topological polar surface area (TPSA) is 49.8 Å². The highest BCUT2D eigenvalue weighted by atomic mass is 16.5. The molecule has 1 aliphatic heterocycles. The molecule has 1 aromatic rings. The summed E-state index contributed by atoms with van der Waals surface area (Å²) in [4.78, 5) is 13.8. The number of nitrogens with zero attached hydrogens (tertiary/aromatic N) is 1. The molecule has 0 saturated carbocycles. The van der Waals surface area contributed by atoms with Gasteiger partial charge >= 0.3 is 0 Å². The van der Waals surface area contributed by atoms with Gasteiger partial charge in [0.1, 0.15) is 6.61 Å². The first-order chi connectivity index (χ1) is 8.74. The van der Waals surface area contributed by atoms with Gasteiger partial charge in [0, 0.05) is 24.4 Å². The number of aliphatic hydroxyl groups excluding tert-OH is 1. The van der Waals surface area contributed by atoms with Gasteiger partial charge in [-0.1, -0.05) is 25.1 Å². The predicted molar refractivity (Wildman–Crippen MR) is 69.5 cm³/mol. The van der Waals surface area contributed by atoms with Crippen molar-refractivity contribution in [1.82, 2.24) is 0 Å². The number of para-hydroxylation sites is 1. The molecule has 1 atom stereocenters. The molecule has 1 amide bonds. The quantitative estimate of drug-likeness (QED) is 0.829. The fourth-order valence-corrected chi connectivity index (χ4v) is 2.18. The molecule has 4 heteroatoms. The van der Waals surface area contributed by atoms with E-state index >= 15 is 0 Å². The number of aliphatic hydroxyl groups is 1. The number of carbonyl (C=O) groups is 1. The number of rotatable bonds is 4. The number of fused-ring (bicyclic) bond motifs is 1. The highest BCUT2D eigenvalue weighted by molar-refractivity contribution is 5.95. The molecule has 4 nitrogen and oxygen atoms in total. The smallest absolute Gasteiger partial charge is 0.252 e. The Hall–Kier alpha value is -1.39. The summed E-state index contributed by atoms with van der Waals surface area (Å²) < 4.78 is 5.29. The van der Waals surface area contributed by atoms with Crippen molar-refractivity contribution < 1.29 is 14.6 Å². The second-order valence-electron chi connectivity index (χ2n) is 4.46. The van der Waals surface area contributed by atoms with Crippen LogP contribution in [0.5, 0.6) is 0 Å². The first kappa shape index (κ1) is 13.1. The minimum Gasteiger partial charge on any atom is -0.388 e. The van der Waals surface area contributed by atoms with E-state index in [0.717, 1.165) is 17.7 Å². The van der Waals surface area contributed by atoms with E-state index in [2.05, 4.69) is 0 Å². The van der Waals surface area contributed by atoms with Crippen LogP contribution >= 0.6 is 0 Å². The van der Waals surface area contributed by atoms with Gasteiger partial charge in [-0.25, -0.2) is 0 Å². The summed E-state index contributed by atoms with van der Waals surface area (Å²) in [7, 11) is 0. The van der Waals surface area contributed by atoms with Crippen LogP contribution in [0.1, 0.15) is 31.4 Å². The van der Waals surface area contributed by atoms with Crippen LogP contribution in [0.25, 0.3) is 0 Å². The van der Waals surface area contributed by atoms with Crippen LogP contribution in [0, 0.1) is 0 Å². The number of carbonyl (C=O) groups excluding carboxylic acids is 1. The standard InChI is InChI=1S/C14H19NO3/c1-2-9-18-10-14(17)15-8-7-13(16)11-5-3-4-6-12(11)15/h3-6,13,16H,2,7-10H2,1H3. The number of benzene rings is 1. The van der Waals surface area contributed by atoms with Gasteiger partial charge in [0.25, 0.3) is 5.91 Å². The van der Waals surface area contributed by atoms with Crippen molar-refractivity contribution in [2.45, 2.75) is 25.9 Å². The van der Waals surface area contributed by atoms with Crippen molar-refractivity contribution >= 4 is 11.6 Å². The van der Waals surface area contributed by atoms with Gasteiger partial charge in [-0.05, 0) is 18.9 Å². The van der Waals surface area contributed by atoms with Crippen LogP contribution in [0.4, 0.5) is 5.69 Å². The summed E-state index contributed by atoms with van der Waals surface area (Å²) >= 11 is 0. The molecule has 98 valence electrons. The summed E-state index contributed by atoms with van der Waals surface area (Å²) in [5.74, 6) is -0.0391. The van der Waals surface area contributed by atoms with Crippen molar-refractivity contribution in [2.24, 2.45) is 0 Å². The average Bonchev–Trinajstić information content (AvgIpc) is 2.39. The van der Waals surface area contributed by atoms with E-state index in [0.29, 0.717) is 19.6 Å². The third-order valence-electron chi connectivity index (χ3n) is 3.09. The van der Waals surface area contributed by atoms with Crippen LogP contribution in [-0.4, -0.2) is 30.8 Å². The van der Waals surface area contributed by atoms with Crippen molar-refractivity contribution in [3.63, 3.8) is 0 Å². The Kier molecular flexibility index (Phi) is 4.33. The predicted octanol–water partition coefficient (Wildman–Crippen LogP) is 1.88. The number of hydrogen-bond acceptors (Lipinski definition) is 3. The molecule has 2 rings (SSSR count). The van der Waals surface area contributed by atoms with Gasteiger partial charge in [0.15, 0.2) is 0 Å². The number of amides is 1. The number of anilines is 1. The van der Waals surface area contributed by atoms with Crippen LogP contribution in [0.2, 0.25) is 0 Å². The van der Waals surface area contributed by atoms with Crippen LogP contribution in [-0.2, 0) is 9.53 Å². The van der Waals surface area contributed by atoms with E-state index in [-0.39, 0.29) is 12.5 Å². The molecule has 0 fully saturated rings. The molecule has 0 spiro atoms. The van der Waals surface area contributed by atoms with Crippen molar-refractivity contribution in [1.29, 1.82) is 0 Å². The van der Waals surface area contributed by atoms with E-state index in [1.165, 1.54) is 0 Å². The first-order valence-corrected chi connectivity index (χ1v) is 6.39. The molecule has 0 saturated heterocycles. The molecule has 0 aliphatic carbocycles. The Labute approximate surface area is 107 Å². The van der Waals surface area contributed by atoms with Gasteiger partial charge in [-0.3, -0.25) is 4.79 Å². The summed E-state index contributed by atoms with van der Waals surface area (Å²) in [6.07, 6.45) is 1.01. The van der Waals surface area contributed by atoms with Gasteiger partial charge < -0.3 is 14.7 Å². The minimum absolute atomic E-state index is 0.0391. The van der Waals surface area contributed by atoms with Gasteiger partial charge in [0.2, 0.25) is 0 Å². The molecular weight excluding hydrogens is 230 g/mol. The van der Waals surface area contributed by atoms with E-state index in [9.17, 15) is 9.90 Å². The molecular formula is C14H19NO3. The lowest BCUT2D eigenvalue weighted by molar-refractivity contribution is -0.123. The number of hydrogen-bond donors (Lipinski definition) is 1. The maximum Gasteiger partial charge on any atom is 0.252 e. The fraction of sp³-hybridized carbons (Fsp3) is 0.500. The van der Waals surface area contributed by atoms with Crippen LogP contribution in [0.3, 0.4) is 0 Å². The first-order valence-electron chi connectivity index (χ1n) is 6.39. The van der Waals surface area contributed by atoms with Gasteiger partial charge in [-0.2, -0.15) is 0 Å². The average molecular weight is 249 g/mol. The summed E-state index contributed by atoms with van der Waals surface area (Å²) in [6, 6.07) is 7.50. The molecule has 1 aliphatic rings. The van der Waals surface area contributed by atoms with Crippen LogP contribution in [0.15, 0.2) is 24.3 Å². The van der Waals surface area contributed by atoms with Gasteiger partial charge in [0.05, 0.1) is 6.10 Å². The molecule has 18 heavy (non-hydrogen) atoms. The fourth-order valence-electron chi connectivity index (χ4n) is 2.18. The third kappa shape index (κ3) is 2.71. The molecule has 0 aromatic heterocycles. The highest BCUT2D eigenvalue weighted by Crippen LogP contribution is 2.33. The summed E-state index contributed by atoms with van der Waals surface area (Å²) in [5, 5.41) is 9.91. The lowest BCUT2D eigenvalue weighted by Crippen LogP contribution is -2.39. The second-order valence-corrected chi connectivity index (χ2v) is 4.46. The second kappa shape index (κ2) is 5.98. The normalized spacial score (nSPS) is 18.6. The van der Waals surface area contributed by atoms with Crippen molar-refractivity contribution in [3.05, 3.63) is 29.8 Å². The Bertz CT molecular complexity index is 419. The zero-order valence-corrected chi connectivity index (χ0v) is 10.6. The monoisotopic (exact) mass is 249 g/mol. The molecule has 1 N–H and O–H groups in total. The summed E-state index contributed by atoms with van der Waals surface area (Å²) in [5.41, 5.74) is 1.63. The largest absolute Gasteiger partial charge is 0.388 e. The Balaban J connectivity index is 2.11. The minimum atomic E-state index is -0.471. The molecule has 0 bridgehead atoms. The van der Waals surface area contributed by atoms with Crippen molar-refractivity contribution in [3.8, 4) is 0 Å². The maximum atomic E-state index is 12.1. The lowest BCUT2D eigenvalue weighted by atomic mass is 9.99. The van der Waals surface area contributed by atoms with E-state index in [1.807, 2.05) is 31.2 Å². The molecule has 1 unspecified atom stereocenters. The Morgan fingerprint density at radius 3 is 3.06 bits per heavy atom. The van der Waals surface area contributed by atoms with E-state index in [1.54, 1.807) is 4.90 Å². The van der Waals surface area contributed by atoms with Gasteiger partial charge in [-0.15, -0.1) is 0 Å². The highest BCUT2D eigenvalue weighted by Gasteiger charge is 2.26. The van der Waals surface area contributed by atoms with Crippen LogP contribution < -0.4 is 4.90 Å². The zero-order valence-electron chi connectivity index (χ0n) is 10.6. The SMILES string of the molecule is CCCOCC(=O)N1CCC(O)c2ccccc21. The van der Waals surface area contributed by atoms with E-state index in [4.69, 9.17) is 4.74 Å². The molecule has 0 radical (unpaired) electrons. The lowest BCUT2D eigenvalue weighted by Gasteiger charge is -2.32. The Morgan fingerprint density at radius 1 is 1.50 bits per heavy atom.